The number of aromatic nitrogens is 2. The van der Waals surface area contributed by atoms with Gasteiger partial charge in [-0.3, -0.25) is 4.89 Å². The monoisotopic (exact) mass is 182 g/mol. The van der Waals surface area contributed by atoms with Gasteiger partial charge in [-0.15, -0.1) is 0 Å². The largest absolute Gasteiger partial charge is 0.365 e. The summed E-state index contributed by atoms with van der Waals surface area (Å²) in [6.45, 7) is 3.12. The van der Waals surface area contributed by atoms with Gasteiger partial charge in [-0.25, -0.2) is 14.8 Å². The molecule has 5 nitrogen and oxygen atoms in total. The van der Waals surface area contributed by atoms with Gasteiger partial charge in [-0.05, 0) is 6.07 Å². The first-order valence-corrected chi connectivity index (χ1v) is 3.38. The normalized spacial score (nSPS) is 7.77. The quantitative estimate of drug-likeness (QED) is 0.383. The van der Waals surface area contributed by atoms with Gasteiger partial charge in [-0.2, -0.15) is 4.89 Å². The Morgan fingerprint density at radius 3 is 2.23 bits per heavy atom. The van der Waals surface area contributed by atoms with Crippen LogP contribution >= 0.6 is 0 Å². The van der Waals surface area contributed by atoms with Crippen LogP contribution in [-0.4, -0.2) is 23.0 Å². The maximum absolute atomic E-state index is 9.95. The predicted molar refractivity (Wildman–Crippen MR) is 45.3 cm³/mol. The number of carbonyl (C=O) groups is 1. The molecule has 0 radical (unpaired) electrons. The predicted octanol–water partition coefficient (Wildman–Crippen LogP) is 0.754. The Kier molecular flexibility index (Phi) is 7.22. The molecule has 5 heteroatoms. The summed E-state index contributed by atoms with van der Waals surface area (Å²) in [6, 6.07) is 1.78. The van der Waals surface area contributed by atoms with E-state index >= 15 is 0 Å². The smallest absolute Gasteiger partial charge is 0.294 e. The topological polar surface area (TPSA) is 61.3 Å². The molecule has 0 saturated heterocycles. The minimum Gasteiger partial charge on any atom is -0.294 e. The SMILES string of the molecule is C=CC(=O)OOC.c1cncnc1. The van der Waals surface area contributed by atoms with Crippen LogP contribution in [0.15, 0.2) is 37.4 Å². The van der Waals surface area contributed by atoms with E-state index in [-0.39, 0.29) is 0 Å². The first kappa shape index (κ1) is 11.2. The highest BCUT2D eigenvalue weighted by Crippen LogP contribution is 1.74. The van der Waals surface area contributed by atoms with E-state index in [1.54, 1.807) is 18.5 Å². The third-order valence-electron chi connectivity index (χ3n) is 0.810. The van der Waals surface area contributed by atoms with Crippen molar-refractivity contribution >= 4 is 5.97 Å². The average Bonchev–Trinajstić information content (AvgIpc) is 2.22. The summed E-state index contributed by atoms with van der Waals surface area (Å²) < 4.78 is 0. The van der Waals surface area contributed by atoms with Gasteiger partial charge in [-0.1, -0.05) is 6.58 Å². The first-order chi connectivity index (χ1) is 6.31. The first-order valence-electron chi connectivity index (χ1n) is 3.38. The lowest BCUT2D eigenvalue weighted by Gasteiger charge is -1.88. The number of hydrogen-bond acceptors (Lipinski definition) is 5. The van der Waals surface area contributed by atoms with Crippen molar-refractivity contribution in [2.75, 3.05) is 7.11 Å². The third kappa shape index (κ3) is 8.15. The van der Waals surface area contributed by atoms with Gasteiger partial charge in [0.15, 0.2) is 0 Å². The summed E-state index contributed by atoms with van der Waals surface area (Å²) >= 11 is 0. The summed E-state index contributed by atoms with van der Waals surface area (Å²) in [4.78, 5) is 25.2. The van der Waals surface area contributed by atoms with Gasteiger partial charge in [0.2, 0.25) is 0 Å². The minimum atomic E-state index is -0.581. The fourth-order valence-electron chi connectivity index (χ4n) is 0.369. The standard InChI is InChI=1S/C4H4N2.C4H6O3/c1-2-5-4-6-3-1;1-3-4(5)7-6-2/h1-4H;3H,1H2,2H3. The fourth-order valence-corrected chi connectivity index (χ4v) is 0.369. The molecule has 1 heterocycles. The average molecular weight is 182 g/mol. The highest BCUT2D eigenvalue weighted by molar-refractivity contribution is 5.80. The molecule has 0 aromatic carbocycles. The van der Waals surface area contributed by atoms with Crippen LogP contribution in [0, 0.1) is 0 Å². The summed E-state index contributed by atoms with van der Waals surface area (Å²) in [5.41, 5.74) is 0. The van der Waals surface area contributed by atoms with E-state index in [4.69, 9.17) is 0 Å². The van der Waals surface area contributed by atoms with E-state index in [0.717, 1.165) is 6.08 Å². The highest BCUT2D eigenvalue weighted by Gasteiger charge is 1.88. The van der Waals surface area contributed by atoms with Gasteiger partial charge in [0, 0.05) is 18.5 Å². The van der Waals surface area contributed by atoms with E-state index in [0.29, 0.717) is 0 Å². The molecule has 0 N–H and O–H groups in total. The number of hydrogen-bond donors (Lipinski definition) is 0. The molecular weight excluding hydrogens is 172 g/mol. The fraction of sp³-hybridized carbons (Fsp3) is 0.125. The molecule has 0 bridgehead atoms. The van der Waals surface area contributed by atoms with Crippen LogP contribution in [0.5, 0.6) is 0 Å². The maximum atomic E-state index is 9.95. The lowest BCUT2D eigenvalue weighted by atomic mass is 10.7. The third-order valence-corrected chi connectivity index (χ3v) is 0.810. The number of rotatable bonds is 2. The maximum Gasteiger partial charge on any atom is 0.365 e. The molecule has 0 fully saturated rings. The second-order valence-electron chi connectivity index (χ2n) is 1.68. The van der Waals surface area contributed by atoms with Crippen molar-refractivity contribution in [1.82, 2.24) is 9.97 Å². The Hall–Kier alpha value is -1.75. The second-order valence-corrected chi connectivity index (χ2v) is 1.68. The Morgan fingerprint density at radius 1 is 1.46 bits per heavy atom. The molecule has 1 rings (SSSR count). The van der Waals surface area contributed by atoms with Gasteiger partial charge in [0.1, 0.15) is 6.33 Å². The summed E-state index contributed by atoms with van der Waals surface area (Å²) in [6.07, 6.45) is 5.89. The van der Waals surface area contributed by atoms with E-state index in [1.165, 1.54) is 13.4 Å². The van der Waals surface area contributed by atoms with Gasteiger partial charge in [0.25, 0.3) is 0 Å². The van der Waals surface area contributed by atoms with Crippen molar-refractivity contribution in [3.05, 3.63) is 37.4 Å². The lowest BCUT2D eigenvalue weighted by Crippen LogP contribution is -1.96. The van der Waals surface area contributed by atoms with E-state index in [1.807, 2.05) is 0 Å². The van der Waals surface area contributed by atoms with Gasteiger partial charge in [0.05, 0.1) is 7.11 Å². The highest BCUT2D eigenvalue weighted by atomic mass is 17.2. The molecule has 0 atom stereocenters. The Labute approximate surface area is 76.0 Å². The van der Waals surface area contributed by atoms with Crippen molar-refractivity contribution in [1.29, 1.82) is 0 Å². The minimum absolute atomic E-state index is 0.581. The van der Waals surface area contributed by atoms with Crippen LogP contribution in [0.2, 0.25) is 0 Å². The van der Waals surface area contributed by atoms with Crippen molar-refractivity contribution in [2.24, 2.45) is 0 Å². The zero-order valence-corrected chi connectivity index (χ0v) is 7.21. The zero-order chi connectivity index (χ0) is 9.94. The van der Waals surface area contributed by atoms with Crippen LogP contribution in [0.1, 0.15) is 0 Å². The Bertz CT molecular complexity index is 212. The van der Waals surface area contributed by atoms with Crippen LogP contribution in [-0.2, 0) is 14.6 Å². The summed E-state index contributed by atoms with van der Waals surface area (Å²) in [5.74, 6) is -0.581. The Balaban J connectivity index is 0.000000223. The zero-order valence-electron chi connectivity index (χ0n) is 7.21. The molecule has 0 unspecified atom stereocenters. The molecule has 1 aromatic rings. The molecule has 70 valence electrons. The molecule has 0 saturated carbocycles. The summed E-state index contributed by atoms with van der Waals surface area (Å²) in [5, 5.41) is 0. The molecule has 0 spiro atoms. The number of carbonyl (C=O) groups excluding carboxylic acids is 1. The van der Waals surface area contributed by atoms with Crippen molar-refractivity contribution in [2.45, 2.75) is 0 Å². The van der Waals surface area contributed by atoms with Crippen LogP contribution in [0.25, 0.3) is 0 Å². The van der Waals surface area contributed by atoms with E-state index in [9.17, 15) is 4.79 Å². The van der Waals surface area contributed by atoms with Crippen molar-refractivity contribution in [3.8, 4) is 0 Å². The molecule has 0 amide bonds. The van der Waals surface area contributed by atoms with Crippen LogP contribution < -0.4 is 0 Å². The van der Waals surface area contributed by atoms with Crippen molar-refractivity contribution < 1.29 is 14.6 Å². The molecule has 0 aliphatic carbocycles. The van der Waals surface area contributed by atoms with E-state index < -0.39 is 5.97 Å². The van der Waals surface area contributed by atoms with Gasteiger partial charge >= 0.3 is 5.97 Å². The Morgan fingerprint density at radius 2 is 2.08 bits per heavy atom. The molecule has 0 aliphatic rings. The van der Waals surface area contributed by atoms with Gasteiger partial charge < -0.3 is 0 Å². The van der Waals surface area contributed by atoms with E-state index in [2.05, 4.69) is 26.3 Å². The van der Waals surface area contributed by atoms with Crippen molar-refractivity contribution in [3.63, 3.8) is 0 Å². The second kappa shape index (κ2) is 8.35. The van der Waals surface area contributed by atoms with Crippen LogP contribution in [0.4, 0.5) is 0 Å². The summed E-state index contributed by atoms with van der Waals surface area (Å²) in [7, 11) is 1.25. The molecule has 1 aromatic heterocycles. The number of nitrogens with zero attached hydrogens (tertiary/aromatic N) is 2. The lowest BCUT2D eigenvalue weighted by molar-refractivity contribution is -0.249. The molecular formula is C8H10N2O3. The molecule has 0 aliphatic heterocycles. The molecule has 13 heavy (non-hydrogen) atoms. The van der Waals surface area contributed by atoms with Crippen LogP contribution in [0.3, 0.4) is 0 Å².